The predicted molar refractivity (Wildman–Crippen MR) is 301 cm³/mol. The lowest BCUT2D eigenvalue weighted by Crippen LogP contribution is -2.35. The number of nitrogens with one attached hydrogen (secondary N) is 6. The minimum Gasteiger partial charge on any atom is -0.356 e. The van der Waals surface area contributed by atoms with Gasteiger partial charge in [0.25, 0.3) is 0 Å². The van der Waals surface area contributed by atoms with Crippen LogP contribution in [-0.2, 0) is 48.0 Å². The van der Waals surface area contributed by atoms with Crippen LogP contribution >= 0.6 is 0 Å². The smallest absolute Gasteiger partial charge is 0.241 e. The highest BCUT2D eigenvalue weighted by Gasteiger charge is 2.21. The Bertz CT molecular complexity index is 2440. The van der Waals surface area contributed by atoms with E-state index in [0.717, 1.165) is 33.4 Å². The second-order valence-corrected chi connectivity index (χ2v) is 19.1. The maximum absolute atomic E-state index is 13.1. The number of hydrogen-bond donors (Lipinski definition) is 9. The molecule has 0 aliphatic heterocycles. The highest BCUT2D eigenvalue weighted by Crippen LogP contribution is 2.34. The van der Waals surface area contributed by atoms with Gasteiger partial charge in [0.1, 0.15) is 0 Å². The van der Waals surface area contributed by atoms with E-state index >= 15 is 0 Å². The second kappa shape index (κ2) is 31.0. The van der Waals surface area contributed by atoms with E-state index in [4.69, 9.17) is 17.2 Å². The number of anilines is 3. The van der Waals surface area contributed by atoms with Crippen LogP contribution in [0.15, 0.2) is 164 Å². The maximum Gasteiger partial charge on any atom is 0.241 e. The lowest BCUT2D eigenvalue weighted by molar-refractivity contribution is -0.121. The first-order chi connectivity index (χ1) is 36.9. The number of benzene rings is 6. The molecule has 15 heteroatoms. The fourth-order valence-corrected chi connectivity index (χ4v) is 8.63. The van der Waals surface area contributed by atoms with E-state index in [-0.39, 0.29) is 41.4 Å². The van der Waals surface area contributed by atoms with E-state index in [9.17, 15) is 28.8 Å². The van der Waals surface area contributed by atoms with Crippen LogP contribution in [0.2, 0.25) is 0 Å². The van der Waals surface area contributed by atoms with Gasteiger partial charge in [-0.3, -0.25) is 28.8 Å². The molecule has 76 heavy (non-hydrogen) atoms. The number of carbonyl (C=O) groups is 6. The molecular formula is C61H73N9O6. The van der Waals surface area contributed by atoms with Crippen LogP contribution in [0.3, 0.4) is 0 Å². The number of carbonyl (C=O) groups excluding carboxylic acids is 6. The average molecular weight is 1030 g/mol. The third-order valence-corrected chi connectivity index (χ3v) is 13.0. The fourth-order valence-electron chi connectivity index (χ4n) is 8.63. The summed E-state index contributed by atoms with van der Waals surface area (Å²) in [6, 6.07) is 49.1. The summed E-state index contributed by atoms with van der Waals surface area (Å²) in [5.41, 5.74) is 26.2. The van der Waals surface area contributed by atoms with Gasteiger partial charge in [-0.1, -0.05) is 127 Å². The summed E-state index contributed by atoms with van der Waals surface area (Å²) in [5.74, 6) is -1.36. The van der Waals surface area contributed by atoms with E-state index in [2.05, 4.69) is 31.9 Å². The molecule has 0 fully saturated rings. The SMILES string of the molecule is N[C@H](CCCCNC(=O)Cc1ccccc1)C(=O)Nc1ccc(C(c2ccc(NC(=O)[C@H](N)CCCCNC(=O)Cc3ccccc3)cc2)c2ccc(NC(=O)[C@@H](N)CCCCNC(=O)Cc3ccccc3)cc2)cc1. The second-order valence-electron chi connectivity index (χ2n) is 19.1. The van der Waals surface area contributed by atoms with Crippen molar-refractivity contribution in [2.75, 3.05) is 35.6 Å². The Morgan fingerprint density at radius 1 is 0.329 bits per heavy atom. The first kappa shape index (κ1) is 57.3. The number of hydrogen-bond acceptors (Lipinski definition) is 9. The van der Waals surface area contributed by atoms with Gasteiger partial charge >= 0.3 is 0 Å². The molecule has 6 aromatic carbocycles. The summed E-state index contributed by atoms with van der Waals surface area (Å²) >= 11 is 0. The molecule has 0 bridgehead atoms. The quantitative estimate of drug-likeness (QED) is 0.0163. The molecule has 3 atom stereocenters. The molecule has 0 spiro atoms. The van der Waals surface area contributed by atoms with Crippen molar-refractivity contribution >= 4 is 52.5 Å². The van der Waals surface area contributed by atoms with Crippen LogP contribution in [0, 0.1) is 0 Å². The summed E-state index contributed by atoms with van der Waals surface area (Å²) in [7, 11) is 0. The Hall–Kier alpha value is -7.98. The van der Waals surface area contributed by atoms with Gasteiger partial charge in [0.05, 0.1) is 37.4 Å². The van der Waals surface area contributed by atoms with Crippen LogP contribution in [0.4, 0.5) is 17.1 Å². The van der Waals surface area contributed by atoms with Gasteiger partial charge in [0.2, 0.25) is 35.4 Å². The third kappa shape index (κ3) is 20.0. The van der Waals surface area contributed by atoms with Crippen molar-refractivity contribution in [2.24, 2.45) is 17.2 Å². The van der Waals surface area contributed by atoms with Crippen molar-refractivity contribution < 1.29 is 28.8 Å². The van der Waals surface area contributed by atoms with Crippen LogP contribution in [-0.4, -0.2) is 73.2 Å². The van der Waals surface area contributed by atoms with Gasteiger partial charge in [-0.2, -0.15) is 0 Å². The summed E-state index contributed by atoms with van der Waals surface area (Å²) in [4.78, 5) is 76.4. The molecule has 0 heterocycles. The molecule has 0 aliphatic carbocycles. The molecule has 0 aromatic heterocycles. The summed E-state index contributed by atoms with van der Waals surface area (Å²) in [6.07, 6.45) is 6.41. The summed E-state index contributed by atoms with van der Waals surface area (Å²) in [5, 5.41) is 17.6. The molecular weight excluding hydrogens is 955 g/mol. The zero-order chi connectivity index (χ0) is 53.9. The highest BCUT2D eigenvalue weighted by molar-refractivity contribution is 5.96. The molecule has 0 radical (unpaired) electrons. The third-order valence-electron chi connectivity index (χ3n) is 13.0. The number of nitrogens with two attached hydrogens (primary N) is 3. The van der Waals surface area contributed by atoms with Gasteiger partial charge in [-0.05, 0) is 128 Å². The topological polar surface area (TPSA) is 253 Å². The van der Waals surface area contributed by atoms with Gasteiger partial charge in [0.15, 0.2) is 0 Å². The average Bonchev–Trinajstić information content (AvgIpc) is 3.43. The monoisotopic (exact) mass is 1030 g/mol. The van der Waals surface area contributed by atoms with Crippen molar-refractivity contribution in [1.82, 2.24) is 16.0 Å². The Labute approximate surface area is 446 Å². The van der Waals surface area contributed by atoms with Crippen molar-refractivity contribution in [3.05, 3.63) is 197 Å². The molecule has 6 amide bonds. The number of amides is 6. The summed E-state index contributed by atoms with van der Waals surface area (Å²) in [6.45, 7) is 1.50. The first-order valence-electron chi connectivity index (χ1n) is 26.3. The van der Waals surface area contributed by atoms with Crippen LogP contribution in [0.5, 0.6) is 0 Å². The van der Waals surface area contributed by atoms with Crippen LogP contribution < -0.4 is 49.1 Å². The first-order valence-corrected chi connectivity index (χ1v) is 26.3. The molecule has 0 unspecified atom stereocenters. The molecule has 0 saturated carbocycles. The largest absolute Gasteiger partial charge is 0.356 e. The molecule has 0 saturated heterocycles. The van der Waals surface area contributed by atoms with Gasteiger partial charge in [0, 0.05) is 42.6 Å². The Kier molecular flexibility index (Phi) is 23.4. The minimum absolute atomic E-state index is 0.0484. The van der Waals surface area contributed by atoms with Gasteiger partial charge in [-0.15, -0.1) is 0 Å². The molecule has 398 valence electrons. The number of unbranched alkanes of at least 4 members (excludes halogenated alkanes) is 3. The molecule has 15 nitrogen and oxygen atoms in total. The molecule has 12 N–H and O–H groups in total. The Morgan fingerprint density at radius 3 is 0.829 bits per heavy atom. The van der Waals surface area contributed by atoms with E-state index in [1.807, 2.05) is 164 Å². The fraction of sp³-hybridized carbons (Fsp3) is 0.311. The normalized spacial score (nSPS) is 12.2. The van der Waals surface area contributed by atoms with E-state index in [1.54, 1.807) is 0 Å². The van der Waals surface area contributed by atoms with Crippen molar-refractivity contribution in [3.8, 4) is 0 Å². The van der Waals surface area contributed by atoms with E-state index < -0.39 is 18.1 Å². The predicted octanol–water partition coefficient (Wildman–Crippen LogP) is 7.25. The lowest BCUT2D eigenvalue weighted by atomic mass is 9.85. The maximum atomic E-state index is 13.1. The zero-order valence-corrected chi connectivity index (χ0v) is 43.2. The van der Waals surface area contributed by atoms with Crippen molar-refractivity contribution in [1.29, 1.82) is 0 Å². The van der Waals surface area contributed by atoms with Crippen molar-refractivity contribution in [2.45, 2.75) is 101 Å². The van der Waals surface area contributed by atoms with Gasteiger partial charge < -0.3 is 49.1 Å². The lowest BCUT2D eigenvalue weighted by Gasteiger charge is -2.21. The van der Waals surface area contributed by atoms with Crippen molar-refractivity contribution in [3.63, 3.8) is 0 Å². The van der Waals surface area contributed by atoms with Gasteiger partial charge in [-0.25, -0.2) is 0 Å². The van der Waals surface area contributed by atoms with Crippen LogP contribution in [0.25, 0.3) is 0 Å². The van der Waals surface area contributed by atoms with E-state index in [1.165, 1.54) is 0 Å². The van der Waals surface area contributed by atoms with Crippen LogP contribution in [0.1, 0.15) is 97.1 Å². The molecule has 6 rings (SSSR count). The molecule has 6 aromatic rings. The standard InChI is InChI=1S/C61H73N9O6/c62-52(22-10-13-37-65-55(71)40-43-16-4-1-5-17-43)59(74)68-49-31-25-46(26-32-49)58(47-27-33-50(34-28-47)69-60(75)53(63)23-11-14-38-66-56(72)41-44-18-6-2-7-19-44)48-29-35-51(36-30-48)70-61(76)54(64)24-12-15-39-67-57(73)42-45-20-8-3-9-21-45/h1-9,16-21,25-36,52-54,58H,10-15,22-24,37-42,62-64H2,(H,65,71)(H,66,72)(H,67,73)(H,68,74)(H,69,75)(H,70,76)/t52-,53-,54+/m1/s1. The molecule has 0 aliphatic rings. The Morgan fingerprint density at radius 2 is 0.579 bits per heavy atom. The zero-order valence-electron chi connectivity index (χ0n) is 43.2. The Balaban J connectivity index is 1.02. The highest BCUT2D eigenvalue weighted by atomic mass is 16.2. The minimum atomic E-state index is -0.733. The van der Waals surface area contributed by atoms with E-state index in [0.29, 0.717) is 114 Å². The summed E-state index contributed by atoms with van der Waals surface area (Å²) < 4.78 is 0. The number of rotatable bonds is 30.